The van der Waals surface area contributed by atoms with E-state index in [0.717, 1.165) is 37.0 Å². The lowest BCUT2D eigenvalue weighted by molar-refractivity contribution is -0.0167. The lowest BCUT2D eigenvalue weighted by Gasteiger charge is -2.57. The molecule has 7 heteroatoms. The van der Waals surface area contributed by atoms with Gasteiger partial charge in [-0.25, -0.2) is 13.2 Å². The average molecular weight is 342 g/mol. The van der Waals surface area contributed by atoms with E-state index in [0.29, 0.717) is 0 Å². The van der Waals surface area contributed by atoms with Crippen LogP contribution in [0.5, 0.6) is 0 Å². The molecule has 0 spiro atoms. The minimum atomic E-state index is -3.25. The summed E-state index contributed by atoms with van der Waals surface area (Å²) in [5.74, 6) is 1.84. The number of rotatable bonds is 2. The van der Waals surface area contributed by atoms with Crippen molar-refractivity contribution < 1.29 is 18.3 Å². The van der Waals surface area contributed by atoms with Crippen LogP contribution in [-0.2, 0) is 9.84 Å². The Morgan fingerprint density at radius 3 is 2.04 bits per heavy atom. The van der Waals surface area contributed by atoms with E-state index in [4.69, 9.17) is 0 Å². The first-order valence-electron chi connectivity index (χ1n) is 8.69. The molecule has 0 radical (unpaired) electrons. The van der Waals surface area contributed by atoms with Gasteiger partial charge in [0.25, 0.3) is 0 Å². The number of urea groups is 1. The fourth-order valence-corrected chi connectivity index (χ4v) is 7.75. The molecule has 130 valence electrons. The molecule has 0 aromatic carbocycles. The fourth-order valence-electron chi connectivity index (χ4n) is 5.91. The molecule has 23 heavy (non-hydrogen) atoms. The molecule has 4 aliphatic carbocycles. The van der Waals surface area contributed by atoms with Gasteiger partial charge in [0.1, 0.15) is 0 Å². The van der Waals surface area contributed by atoms with E-state index in [1.807, 2.05) is 0 Å². The van der Waals surface area contributed by atoms with Gasteiger partial charge in [-0.15, -0.1) is 0 Å². The van der Waals surface area contributed by atoms with Crippen molar-refractivity contribution in [1.82, 2.24) is 10.2 Å². The first kappa shape index (κ1) is 15.7. The summed E-state index contributed by atoms with van der Waals surface area (Å²) in [6.45, 7) is 0. The van der Waals surface area contributed by atoms with Crippen LogP contribution in [0.3, 0.4) is 0 Å². The van der Waals surface area contributed by atoms with Crippen LogP contribution in [0.25, 0.3) is 0 Å². The molecule has 4 saturated carbocycles. The number of nitrogens with one attached hydrogen (secondary N) is 1. The van der Waals surface area contributed by atoms with Crippen molar-refractivity contribution >= 4 is 15.9 Å². The summed E-state index contributed by atoms with van der Waals surface area (Å²) in [6, 6.07) is -0.859. The summed E-state index contributed by atoms with van der Waals surface area (Å²) in [4.78, 5) is 14.1. The maximum Gasteiger partial charge on any atom is 0.317 e. The Bertz CT molecular complexity index is 582. The van der Waals surface area contributed by atoms with Crippen LogP contribution in [0.1, 0.15) is 38.5 Å². The Morgan fingerprint density at radius 2 is 1.61 bits per heavy atom. The van der Waals surface area contributed by atoms with E-state index in [2.05, 4.69) is 5.32 Å². The van der Waals surface area contributed by atoms with Crippen LogP contribution in [0, 0.1) is 17.8 Å². The first-order valence-corrected chi connectivity index (χ1v) is 10.5. The number of carbonyl (C=O) groups excluding carboxylic acids is 1. The summed E-state index contributed by atoms with van der Waals surface area (Å²) in [5, 5.41) is 13.2. The summed E-state index contributed by atoms with van der Waals surface area (Å²) >= 11 is 0. The van der Waals surface area contributed by atoms with Crippen LogP contribution in [0.4, 0.5) is 4.79 Å². The molecule has 6 nitrogen and oxygen atoms in total. The van der Waals surface area contributed by atoms with Gasteiger partial charge in [-0.1, -0.05) is 0 Å². The Labute approximate surface area is 137 Å². The van der Waals surface area contributed by atoms with Crippen molar-refractivity contribution in [3.8, 4) is 0 Å². The van der Waals surface area contributed by atoms with E-state index >= 15 is 0 Å². The lowest BCUT2D eigenvalue weighted by Crippen LogP contribution is -2.62. The Kier molecular flexibility index (Phi) is 3.47. The predicted molar refractivity (Wildman–Crippen MR) is 85.6 cm³/mol. The number of hydrogen-bond donors (Lipinski definition) is 2. The molecule has 0 unspecified atom stereocenters. The predicted octanol–water partition coefficient (Wildman–Crippen LogP) is 0.754. The van der Waals surface area contributed by atoms with Gasteiger partial charge >= 0.3 is 6.03 Å². The van der Waals surface area contributed by atoms with Crippen molar-refractivity contribution in [3.63, 3.8) is 0 Å². The van der Waals surface area contributed by atoms with Crippen molar-refractivity contribution in [2.75, 3.05) is 18.6 Å². The summed E-state index contributed by atoms with van der Waals surface area (Å²) in [7, 11) is -1.65. The topological polar surface area (TPSA) is 86.7 Å². The standard InChI is InChI=1S/C16H26N2O4S/c1-18(13-8-23(21,22)9-14(13)19)15(20)17-16-5-10-2-11(6-16)4-12(3-10)7-16/h10-14,19H,2-9H2,1H3,(H,17,20)/t10?,11?,12?,13-,14-,16?/m1/s1. The van der Waals surface area contributed by atoms with Gasteiger partial charge in [0.05, 0.1) is 23.7 Å². The first-order chi connectivity index (χ1) is 10.8. The van der Waals surface area contributed by atoms with Gasteiger partial charge in [-0.2, -0.15) is 0 Å². The molecule has 1 heterocycles. The smallest absolute Gasteiger partial charge is 0.317 e. The van der Waals surface area contributed by atoms with E-state index in [1.165, 1.54) is 24.2 Å². The third-order valence-corrected chi connectivity index (χ3v) is 8.22. The highest BCUT2D eigenvalue weighted by Crippen LogP contribution is 2.55. The van der Waals surface area contributed by atoms with Gasteiger partial charge in [0.15, 0.2) is 9.84 Å². The monoisotopic (exact) mass is 342 g/mol. The molecule has 2 amide bonds. The number of aliphatic hydroxyl groups excluding tert-OH is 1. The van der Waals surface area contributed by atoms with Gasteiger partial charge in [0.2, 0.25) is 0 Å². The number of carbonyl (C=O) groups is 1. The number of sulfone groups is 1. The van der Waals surface area contributed by atoms with E-state index in [-0.39, 0.29) is 23.1 Å². The largest absolute Gasteiger partial charge is 0.390 e. The molecule has 5 rings (SSSR count). The molecule has 5 fully saturated rings. The second-order valence-corrected chi connectivity index (χ2v) is 10.6. The zero-order chi connectivity index (χ0) is 16.4. The molecular formula is C16H26N2O4S. The van der Waals surface area contributed by atoms with Crippen molar-refractivity contribution in [3.05, 3.63) is 0 Å². The highest BCUT2D eigenvalue weighted by atomic mass is 32.2. The molecule has 0 aromatic heterocycles. The zero-order valence-electron chi connectivity index (χ0n) is 13.6. The minimum Gasteiger partial charge on any atom is -0.390 e. The normalized spacial score (nSPS) is 46.8. The second kappa shape index (κ2) is 5.09. The summed E-state index contributed by atoms with van der Waals surface area (Å²) in [5.41, 5.74) is -0.0947. The van der Waals surface area contributed by atoms with Crippen LogP contribution in [0.15, 0.2) is 0 Å². The quantitative estimate of drug-likeness (QED) is 0.775. The van der Waals surface area contributed by atoms with Gasteiger partial charge < -0.3 is 15.3 Å². The van der Waals surface area contributed by atoms with Crippen molar-refractivity contribution in [2.45, 2.75) is 56.2 Å². The van der Waals surface area contributed by atoms with E-state index < -0.39 is 22.0 Å². The lowest BCUT2D eigenvalue weighted by atomic mass is 9.53. The second-order valence-electron chi connectivity index (χ2n) is 8.45. The molecular weight excluding hydrogens is 316 g/mol. The van der Waals surface area contributed by atoms with Crippen LogP contribution < -0.4 is 5.32 Å². The van der Waals surface area contributed by atoms with Gasteiger partial charge in [-0.05, 0) is 56.3 Å². The van der Waals surface area contributed by atoms with Gasteiger partial charge in [-0.3, -0.25) is 0 Å². The van der Waals surface area contributed by atoms with E-state index in [1.54, 1.807) is 7.05 Å². The number of amides is 2. The minimum absolute atomic E-state index is 0.0947. The Hall–Kier alpha value is -0.820. The fraction of sp³-hybridized carbons (Fsp3) is 0.938. The van der Waals surface area contributed by atoms with Crippen molar-refractivity contribution in [1.29, 1.82) is 0 Å². The summed E-state index contributed by atoms with van der Waals surface area (Å²) < 4.78 is 23.3. The Balaban J connectivity index is 1.46. The number of hydrogen-bond acceptors (Lipinski definition) is 4. The molecule has 1 aliphatic heterocycles. The average Bonchev–Trinajstić information content (AvgIpc) is 2.68. The zero-order valence-corrected chi connectivity index (χ0v) is 14.4. The van der Waals surface area contributed by atoms with Crippen LogP contribution >= 0.6 is 0 Å². The molecule has 1 saturated heterocycles. The van der Waals surface area contributed by atoms with Gasteiger partial charge in [0, 0.05) is 12.6 Å². The third kappa shape index (κ3) is 2.76. The maximum atomic E-state index is 12.7. The van der Waals surface area contributed by atoms with Crippen LogP contribution in [-0.4, -0.2) is 60.7 Å². The van der Waals surface area contributed by atoms with Crippen LogP contribution in [0.2, 0.25) is 0 Å². The number of likely N-dealkylation sites (N-methyl/N-ethyl adjacent to an activating group) is 1. The highest BCUT2D eigenvalue weighted by molar-refractivity contribution is 7.91. The van der Waals surface area contributed by atoms with Crippen molar-refractivity contribution in [2.24, 2.45) is 17.8 Å². The summed E-state index contributed by atoms with van der Waals surface area (Å²) in [6.07, 6.45) is 6.13. The Morgan fingerprint density at radius 1 is 1.09 bits per heavy atom. The molecule has 2 N–H and O–H groups in total. The number of nitrogens with zero attached hydrogens (tertiary/aromatic N) is 1. The molecule has 2 atom stereocenters. The number of aliphatic hydroxyl groups is 1. The molecule has 0 aromatic rings. The molecule has 4 bridgehead atoms. The molecule has 5 aliphatic rings. The van der Waals surface area contributed by atoms with E-state index in [9.17, 15) is 18.3 Å². The SMILES string of the molecule is CN(C(=O)NC12CC3CC(CC(C3)C1)C2)[C@@H]1CS(=O)(=O)C[C@H]1O. The highest BCUT2D eigenvalue weighted by Gasteiger charge is 2.52. The third-order valence-electron chi connectivity index (χ3n) is 6.52. The maximum absolute atomic E-state index is 12.7.